The van der Waals surface area contributed by atoms with Crippen molar-refractivity contribution in [2.24, 2.45) is 0 Å². The molecule has 3 nitrogen and oxygen atoms in total. The molecule has 1 aromatic rings. The molecule has 0 unspecified atom stereocenters. The lowest BCUT2D eigenvalue weighted by molar-refractivity contribution is 0.415. The number of nitrogens with one attached hydrogen (secondary N) is 1. The minimum absolute atomic E-state index is 0.122. The third kappa shape index (κ3) is 3.75. The predicted octanol–water partition coefficient (Wildman–Crippen LogP) is 3.32. The van der Waals surface area contributed by atoms with E-state index >= 15 is 0 Å². The van der Waals surface area contributed by atoms with Crippen molar-refractivity contribution in [3.05, 3.63) is 23.8 Å². The first-order valence-electron chi connectivity index (χ1n) is 7.20. The molecule has 1 aromatic carbocycles. The molecular weight excluding hydrogens is 270 g/mol. The summed E-state index contributed by atoms with van der Waals surface area (Å²) < 4.78 is 16.9. The monoisotopic (exact) mass is 295 g/mol. The number of ether oxygens (including phenoxy) is 1. The summed E-state index contributed by atoms with van der Waals surface area (Å²) in [6.07, 6.45) is 1.94. The van der Waals surface area contributed by atoms with Gasteiger partial charge in [-0.3, -0.25) is 4.21 Å². The molecule has 0 amide bonds. The smallest absolute Gasteiger partial charge is 0.141 e. The Morgan fingerprint density at radius 3 is 2.45 bits per heavy atom. The van der Waals surface area contributed by atoms with Crippen LogP contribution in [0.15, 0.2) is 18.2 Å². The first-order valence-corrected chi connectivity index (χ1v) is 8.69. The van der Waals surface area contributed by atoms with Crippen molar-refractivity contribution in [2.75, 3.05) is 23.9 Å². The maximum absolute atomic E-state index is 11.4. The Morgan fingerprint density at radius 2 is 1.90 bits per heavy atom. The van der Waals surface area contributed by atoms with E-state index in [1.807, 2.05) is 6.07 Å². The third-order valence-electron chi connectivity index (χ3n) is 3.81. The van der Waals surface area contributed by atoms with Gasteiger partial charge in [-0.2, -0.15) is 0 Å². The van der Waals surface area contributed by atoms with E-state index in [4.69, 9.17) is 4.74 Å². The molecule has 1 fully saturated rings. The van der Waals surface area contributed by atoms with Crippen LogP contribution >= 0.6 is 0 Å². The fourth-order valence-electron chi connectivity index (χ4n) is 2.45. The van der Waals surface area contributed by atoms with E-state index in [1.54, 1.807) is 7.11 Å². The summed E-state index contributed by atoms with van der Waals surface area (Å²) in [5.41, 5.74) is 2.47. The molecule has 0 spiro atoms. The van der Waals surface area contributed by atoms with Crippen LogP contribution in [0.1, 0.15) is 39.2 Å². The largest absolute Gasteiger partial charge is 0.495 e. The Balaban J connectivity index is 2.18. The number of anilines is 1. The Labute approximate surface area is 124 Å². The van der Waals surface area contributed by atoms with Gasteiger partial charge >= 0.3 is 0 Å². The third-order valence-corrected chi connectivity index (χ3v) is 5.20. The Bertz CT molecular complexity index is 484. The lowest BCUT2D eigenvalue weighted by atomic mass is 9.86. The van der Waals surface area contributed by atoms with Crippen molar-refractivity contribution in [3.63, 3.8) is 0 Å². The van der Waals surface area contributed by atoms with Gasteiger partial charge in [0.2, 0.25) is 0 Å². The zero-order chi connectivity index (χ0) is 14.8. The van der Waals surface area contributed by atoms with Crippen LogP contribution in [0.5, 0.6) is 5.75 Å². The number of hydrogen-bond donors (Lipinski definition) is 1. The molecule has 0 saturated carbocycles. The maximum Gasteiger partial charge on any atom is 0.141 e. The normalized spacial score (nSPS) is 23.4. The van der Waals surface area contributed by atoms with Gasteiger partial charge in [0.1, 0.15) is 5.75 Å². The molecule has 2 rings (SSSR count). The van der Waals surface area contributed by atoms with Crippen LogP contribution in [-0.4, -0.2) is 28.9 Å². The predicted molar refractivity (Wildman–Crippen MR) is 86.2 cm³/mol. The van der Waals surface area contributed by atoms with Crippen LogP contribution in [0, 0.1) is 0 Å². The summed E-state index contributed by atoms with van der Waals surface area (Å²) >= 11 is 0. The minimum Gasteiger partial charge on any atom is -0.495 e. The minimum atomic E-state index is -0.616. The maximum atomic E-state index is 11.4. The van der Waals surface area contributed by atoms with Crippen molar-refractivity contribution < 1.29 is 8.95 Å². The van der Waals surface area contributed by atoms with Crippen molar-refractivity contribution in [3.8, 4) is 5.75 Å². The average Bonchev–Trinajstić information content (AvgIpc) is 2.40. The summed E-state index contributed by atoms with van der Waals surface area (Å²) in [5.74, 6) is 2.49. The van der Waals surface area contributed by atoms with Crippen molar-refractivity contribution in [2.45, 2.75) is 45.1 Å². The Hall–Kier alpha value is -1.03. The van der Waals surface area contributed by atoms with E-state index in [9.17, 15) is 4.21 Å². The van der Waals surface area contributed by atoms with Crippen molar-refractivity contribution >= 4 is 16.5 Å². The molecule has 4 heteroatoms. The highest BCUT2D eigenvalue weighted by molar-refractivity contribution is 7.85. The molecule has 1 aliphatic heterocycles. The summed E-state index contributed by atoms with van der Waals surface area (Å²) in [6.45, 7) is 6.63. The lowest BCUT2D eigenvalue weighted by Crippen LogP contribution is -2.29. The van der Waals surface area contributed by atoms with Gasteiger partial charge in [0.25, 0.3) is 0 Å². The molecule has 1 aliphatic rings. The van der Waals surface area contributed by atoms with Gasteiger partial charge in [0.05, 0.1) is 12.8 Å². The molecule has 0 radical (unpaired) electrons. The molecule has 1 heterocycles. The van der Waals surface area contributed by atoms with Gasteiger partial charge in [-0.1, -0.05) is 26.8 Å². The summed E-state index contributed by atoms with van der Waals surface area (Å²) in [5, 5.41) is 3.57. The van der Waals surface area contributed by atoms with Gasteiger partial charge in [0, 0.05) is 28.3 Å². The van der Waals surface area contributed by atoms with Gasteiger partial charge < -0.3 is 10.1 Å². The van der Waals surface area contributed by atoms with E-state index in [-0.39, 0.29) is 5.41 Å². The second kappa shape index (κ2) is 6.17. The highest BCUT2D eigenvalue weighted by Crippen LogP contribution is 2.32. The molecule has 1 saturated heterocycles. The Morgan fingerprint density at radius 1 is 1.25 bits per heavy atom. The van der Waals surface area contributed by atoms with Crippen LogP contribution in [0.3, 0.4) is 0 Å². The fraction of sp³-hybridized carbons (Fsp3) is 0.625. The SMILES string of the molecule is COc1ccc(C(C)(C)C)cc1NC1CCS(=O)CC1. The van der Waals surface area contributed by atoms with Crippen LogP contribution in [-0.2, 0) is 16.2 Å². The second-order valence-electron chi connectivity index (χ2n) is 6.43. The number of rotatable bonds is 3. The number of methoxy groups -OCH3 is 1. The summed E-state index contributed by atoms with van der Waals surface area (Å²) in [4.78, 5) is 0. The molecule has 1 N–H and O–H groups in total. The molecule has 0 bridgehead atoms. The molecule has 0 aromatic heterocycles. The Kier molecular flexibility index (Phi) is 4.74. The van der Waals surface area contributed by atoms with Crippen LogP contribution in [0.2, 0.25) is 0 Å². The number of hydrogen-bond acceptors (Lipinski definition) is 3. The molecule has 20 heavy (non-hydrogen) atoms. The van der Waals surface area contributed by atoms with Gasteiger partial charge in [-0.25, -0.2) is 0 Å². The van der Waals surface area contributed by atoms with Gasteiger partial charge in [-0.05, 0) is 36.0 Å². The zero-order valence-electron chi connectivity index (χ0n) is 12.9. The molecule has 112 valence electrons. The quantitative estimate of drug-likeness (QED) is 0.929. The fourth-order valence-corrected chi connectivity index (χ4v) is 3.74. The van der Waals surface area contributed by atoms with Crippen LogP contribution in [0.25, 0.3) is 0 Å². The first-order chi connectivity index (χ1) is 9.40. The highest BCUT2D eigenvalue weighted by atomic mass is 32.2. The molecule has 0 aliphatic carbocycles. The molecule has 0 atom stereocenters. The molecular formula is C16H25NO2S. The van der Waals surface area contributed by atoms with Crippen LogP contribution < -0.4 is 10.1 Å². The van der Waals surface area contributed by atoms with E-state index in [0.717, 1.165) is 35.8 Å². The van der Waals surface area contributed by atoms with Crippen LogP contribution in [0.4, 0.5) is 5.69 Å². The lowest BCUT2D eigenvalue weighted by Gasteiger charge is -2.26. The van der Waals surface area contributed by atoms with E-state index in [2.05, 4.69) is 38.2 Å². The van der Waals surface area contributed by atoms with E-state index in [0.29, 0.717) is 6.04 Å². The summed E-state index contributed by atoms with van der Waals surface area (Å²) in [7, 11) is 1.09. The standard InChI is InChI=1S/C16H25NO2S/c1-16(2,3)12-5-6-15(19-4)14(11-12)17-13-7-9-20(18)10-8-13/h5-6,11,13,17H,7-10H2,1-4H3. The average molecular weight is 295 g/mol. The van der Waals surface area contributed by atoms with Gasteiger partial charge in [-0.15, -0.1) is 0 Å². The summed E-state index contributed by atoms with van der Waals surface area (Å²) in [6, 6.07) is 6.74. The zero-order valence-corrected chi connectivity index (χ0v) is 13.7. The van der Waals surface area contributed by atoms with Crippen molar-refractivity contribution in [1.29, 1.82) is 0 Å². The first kappa shape index (κ1) is 15.4. The van der Waals surface area contributed by atoms with E-state index in [1.165, 1.54) is 5.56 Å². The van der Waals surface area contributed by atoms with Gasteiger partial charge in [0.15, 0.2) is 0 Å². The van der Waals surface area contributed by atoms with Crippen molar-refractivity contribution in [1.82, 2.24) is 0 Å². The second-order valence-corrected chi connectivity index (χ2v) is 8.13. The highest BCUT2D eigenvalue weighted by Gasteiger charge is 2.20. The topological polar surface area (TPSA) is 38.3 Å². The van der Waals surface area contributed by atoms with E-state index < -0.39 is 10.8 Å². The number of benzene rings is 1.